The van der Waals surface area contributed by atoms with Crippen LogP contribution in [0.3, 0.4) is 0 Å². The molecule has 0 saturated heterocycles. The number of carbonyl (C=O) groups is 1. The molecule has 14 heavy (non-hydrogen) atoms. The Hall–Kier alpha value is -1.10. The molecular weight excluding hydrogens is 202 g/mol. The van der Waals surface area contributed by atoms with Crippen molar-refractivity contribution in [3.8, 4) is 5.19 Å². The van der Waals surface area contributed by atoms with Crippen LogP contribution in [0.15, 0.2) is 6.20 Å². The minimum atomic E-state index is -0.223. The molecule has 4 nitrogen and oxygen atoms in total. The lowest BCUT2D eigenvalue weighted by Crippen LogP contribution is -2.06. The lowest BCUT2D eigenvalue weighted by molar-refractivity contribution is -0.142. The third-order valence-corrected chi connectivity index (χ3v) is 2.33. The molecule has 0 aliphatic carbocycles. The first-order valence-corrected chi connectivity index (χ1v) is 5.31. The van der Waals surface area contributed by atoms with Crippen molar-refractivity contribution < 1.29 is 14.3 Å². The van der Waals surface area contributed by atoms with Crippen molar-refractivity contribution >= 4 is 17.3 Å². The van der Waals surface area contributed by atoms with Gasteiger partial charge in [-0.1, -0.05) is 11.3 Å². The number of hydrogen-bond acceptors (Lipinski definition) is 5. The standard InChI is InChI=1S/C9H13NO3S/c1-3-12-8(11)5-7-6-10-9(14-7)13-4-2/h6H,3-5H2,1-2H3. The lowest BCUT2D eigenvalue weighted by atomic mass is 10.4. The van der Waals surface area contributed by atoms with Crippen LogP contribution < -0.4 is 4.74 Å². The molecule has 1 rings (SSSR count). The summed E-state index contributed by atoms with van der Waals surface area (Å²) in [6.45, 7) is 4.69. The average Bonchev–Trinajstić information content (AvgIpc) is 2.53. The van der Waals surface area contributed by atoms with E-state index in [1.54, 1.807) is 13.1 Å². The smallest absolute Gasteiger partial charge is 0.311 e. The average molecular weight is 215 g/mol. The molecule has 0 amide bonds. The Morgan fingerprint density at radius 3 is 2.93 bits per heavy atom. The van der Waals surface area contributed by atoms with Gasteiger partial charge in [0.2, 0.25) is 0 Å². The maximum absolute atomic E-state index is 11.1. The van der Waals surface area contributed by atoms with Gasteiger partial charge in [0.1, 0.15) is 0 Å². The van der Waals surface area contributed by atoms with Gasteiger partial charge in [0.15, 0.2) is 0 Å². The van der Waals surface area contributed by atoms with Crippen molar-refractivity contribution in [2.75, 3.05) is 13.2 Å². The summed E-state index contributed by atoms with van der Waals surface area (Å²) in [4.78, 5) is 16.0. The predicted octanol–water partition coefficient (Wildman–Crippen LogP) is 1.65. The predicted molar refractivity (Wildman–Crippen MR) is 53.6 cm³/mol. The second-order valence-electron chi connectivity index (χ2n) is 2.51. The fourth-order valence-electron chi connectivity index (χ4n) is 0.916. The summed E-state index contributed by atoms with van der Waals surface area (Å²) in [5, 5.41) is 0.604. The molecular formula is C9H13NO3S. The van der Waals surface area contributed by atoms with Gasteiger partial charge in [0.05, 0.1) is 19.6 Å². The van der Waals surface area contributed by atoms with E-state index in [2.05, 4.69) is 4.98 Å². The third-order valence-electron chi connectivity index (χ3n) is 1.42. The zero-order chi connectivity index (χ0) is 10.4. The summed E-state index contributed by atoms with van der Waals surface area (Å²) in [6.07, 6.45) is 1.92. The highest BCUT2D eigenvalue weighted by Crippen LogP contribution is 2.20. The number of aromatic nitrogens is 1. The van der Waals surface area contributed by atoms with Gasteiger partial charge < -0.3 is 9.47 Å². The van der Waals surface area contributed by atoms with Crippen molar-refractivity contribution in [3.05, 3.63) is 11.1 Å². The number of rotatable bonds is 5. The molecule has 0 bridgehead atoms. The van der Waals surface area contributed by atoms with Crippen LogP contribution in [0.1, 0.15) is 18.7 Å². The fourth-order valence-corrected chi connectivity index (χ4v) is 1.72. The Labute approximate surface area is 86.9 Å². The zero-order valence-corrected chi connectivity index (χ0v) is 9.10. The maximum Gasteiger partial charge on any atom is 0.311 e. The van der Waals surface area contributed by atoms with Crippen LogP contribution in [0.5, 0.6) is 5.19 Å². The SMILES string of the molecule is CCOC(=O)Cc1cnc(OCC)s1. The van der Waals surface area contributed by atoms with E-state index in [0.29, 0.717) is 18.4 Å². The van der Waals surface area contributed by atoms with E-state index in [9.17, 15) is 4.79 Å². The summed E-state index contributed by atoms with van der Waals surface area (Å²) < 4.78 is 10.00. The number of thiazole rings is 1. The van der Waals surface area contributed by atoms with Gasteiger partial charge in [-0.15, -0.1) is 0 Å². The van der Waals surface area contributed by atoms with Gasteiger partial charge in [0, 0.05) is 11.1 Å². The van der Waals surface area contributed by atoms with Crippen molar-refractivity contribution in [3.63, 3.8) is 0 Å². The van der Waals surface area contributed by atoms with Gasteiger partial charge in [-0.25, -0.2) is 4.98 Å². The summed E-state index contributed by atoms with van der Waals surface area (Å²) in [6, 6.07) is 0. The summed E-state index contributed by atoms with van der Waals surface area (Å²) >= 11 is 1.38. The molecule has 1 heterocycles. The monoisotopic (exact) mass is 215 g/mol. The van der Waals surface area contributed by atoms with Crippen molar-refractivity contribution in [2.24, 2.45) is 0 Å². The van der Waals surface area contributed by atoms with Gasteiger partial charge in [0.25, 0.3) is 5.19 Å². The van der Waals surface area contributed by atoms with Crippen LogP contribution in [-0.2, 0) is 16.0 Å². The molecule has 1 aromatic rings. The zero-order valence-electron chi connectivity index (χ0n) is 8.28. The fraction of sp³-hybridized carbons (Fsp3) is 0.556. The van der Waals surface area contributed by atoms with E-state index in [1.165, 1.54) is 11.3 Å². The van der Waals surface area contributed by atoms with E-state index in [1.807, 2.05) is 6.92 Å². The maximum atomic E-state index is 11.1. The van der Waals surface area contributed by atoms with E-state index in [0.717, 1.165) is 4.88 Å². The Kier molecular flexibility index (Phi) is 4.39. The Morgan fingerprint density at radius 1 is 1.50 bits per heavy atom. The van der Waals surface area contributed by atoms with Gasteiger partial charge in [-0.2, -0.15) is 0 Å². The molecule has 0 radical (unpaired) electrons. The molecule has 0 aromatic carbocycles. The first-order chi connectivity index (χ1) is 6.76. The minimum absolute atomic E-state index is 0.223. The molecule has 0 aliphatic rings. The summed E-state index contributed by atoms with van der Waals surface area (Å²) in [7, 11) is 0. The number of hydrogen-bond donors (Lipinski definition) is 0. The second-order valence-corrected chi connectivity index (χ2v) is 3.59. The van der Waals surface area contributed by atoms with Crippen molar-refractivity contribution in [1.29, 1.82) is 0 Å². The third kappa shape index (κ3) is 3.33. The van der Waals surface area contributed by atoms with E-state index in [4.69, 9.17) is 9.47 Å². The Balaban J connectivity index is 2.46. The molecule has 0 saturated carbocycles. The number of nitrogens with zero attached hydrogens (tertiary/aromatic N) is 1. The van der Waals surface area contributed by atoms with Crippen LogP contribution in [0.2, 0.25) is 0 Å². The molecule has 0 aliphatic heterocycles. The second kappa shape index (κ2) is 5.59. The molecule has 0 spiro atoms. The number of ether oxygens (including phenoxy) is 2. The highest BCUT2D eigenvalue weighted by atomic mass is 32.1. The lowest BCUT2D eigenvalue weighted by Gasteiger charge is -1.97. The first-order valence-electron chi connectivity index (χ1n) is 4.49. The topological polar surface area (TPSA) is 48.4 Å². The molecule has 0 unspecified atom stereocenters. The molecule has 0 N–H and O–H groups in total. The number of carbonyl (C=O) groups excluding carboxylic acids is 1. The summed E-state index contributed by atoms with van der Waals surface area (Å²) in [5.41, 5.74) is 0. The highest BCUT2D eigenvalue weighted by molar-refractivity contribution is 7.13. The molecule has 0 atom stereocenters. The summed E-state index contributed by atoms with van der Waals surface area (Å²) in [5.74, 6) is -0.223. The molecule has 0 fully saturated rings. The van der Waals surface area contributed by atoms with Crippen LogP contribution in [-0.4, -0.2) is 24.2 Å². The Bertz CT molecular complexity index is 298. The van der Waals surface area contributed by atoms with Gasteiger partial charge in [-0.05, 0) is 13.8 Å². The van der Waals surface area contributed by atoms with Gasteiger partial charge in [-0.3, -0.25) is 4.79 Å². The van der Waals surface area contributed by atoms with Crippen LogP contribution >= 0.6 is 11.3 Å². The number of esters is 1. The largest absolute Gasteiger partial charge is 0.470 e. The molecule has 78 valence electrons. The molecule has 1 aromatic heterocycles. The van der Waals surface area contributed by atoms with Crippen LogP contribution in [0.25, 0.3) is 0 Å². The minimum Gasteiger partial charge on any atom is -0.470 e. The molecule has 5 heteroatoms. The van der Waals surface area contributed by atoms with Crippen molar-refractivity contribution in [2.45, 2.75) is 20.3 Å². The highest BCUT2D eigenvalue weighted by Gasteiger charge is 2.08. The quantitative estimate of drug-likeness (QED) is 0.701. The van der Waals surface area contributed by atoms with Crippen LogP contribution in [0.4, 0.5) is 0 Å². The van der Waals surface area contributed by atoms with E-state index in [-0.39, 0.29) is 12.4 Å². The normalized spacial score (nSPS) is 9.86. The van der Waals surface area contributed by atoms with Crippen LogP contribution in [0, 0.1) is 0 Å². The van der Waals surface area contributed by atoms with E-state index < -0.39 is 0 Å². The van der Waals surface area contributed by atoms with Crippen molar-refractivity contribution in [1.82, 2.24) is 4.98 Å². The first kappa shape index (κ1) is 11.0. The van der Waals surface area contributed by atoms with Gasteiger partial charge >= 0.3 is 5.97 Å². The Morgan fingerprint density at radius 2 is 2.29 bits per heavy atom. The van der Waals surface area contributed by atoms with E-state index >= 15 is 0 Å².